The number of hydrazine groups is 1. The average Bonchev–Trinajstić information content (AvgIpc) is 3.18. The lowest BCUT2D eigenvalue weighted by atomic mass is 9.77. The summed E-state index contributed by atoms with van der Waals surface area (Å²) >= 11 is 0. The Morgan fingerprint density at radius 3 is 2.36 bits per heavy atom. The lowest BCUT2D eigenvalue weighted by Crippen LogP contribution is -2.44. The predicted molar refractivity (Wildman–Crippen MR) is 187 cm³/mol. The summed E-state index contributed by atoms with van der Waals surface area (Å²) in [5.74, 6) is -0.234. The highest BCUT2D eigenvalue weighted by molar-refractivity contribution is 5.79. The van der Waals surface area contributed by atoms with Gasteiger partial charge in [-0.2, -0.15) is 0 Å². The number of para-hydroxylation sites is 2. The van der Waals surface area contributed by atoms with Gasteiger partial charge in [-0.1, -0.05) is 96.2 Å². The maximum absolute atomic E-state index is 12.0. The standard InChI is InChI=1S/C38H54N4O3/c1-10-27-42-32-23-16-14-21-30(32)38(8,9)33(42)24-18-19-28(2)37(6,7)29-20-13-15-22-31(29)39-26-17-11-12-25-34(43)40-41-35(44)45-36(3,4)5/h13-16,18-24,39H,2,10-12,17,25-27H2,1,3-9H3,(H,40,43)(H,41,44)/b19-18+,33-24+. The quantitative estimate of drug-likeness (QED) is 0.119. The summed E-state index contributed by atoms with van der Waals surface area (Å²) in [6.07, 6.45) is 9.85. The van der Waals surface area contributed by atoms with Crippen LogP contribution in [0.1, 0.15) is 98.6 Å². The first-order chi connectivity index (χ1) is 21.2. The fourth-order valence-corrected chi connectivity index (χ4v) is 5.72. The molecule has 2 aromatic carbocycles. The maximum Gasteiger partial charge on any atom is 0.426 e. The van der Waals surface area contributed by atoms with E-state index in [1.807, 2.05) is 0 Å². The number of unbranched alkanes of at least 4 members (excludes halogenated alkanes) is 2. The van der Waals surface area contributed by atoms with E-state index in [2.05, 4.69) is 129 Å². The molecule has 1 aliphatic heterocycles. The molecular weight excluding hydrogens is 560 g/mol. The molecule has 2 aromatic rings. The molecule has 0 unspecified atom stereocenters. The fourth-order valence-electron chi connectivity index (χ4n) is 5.72. The number of amides is 2. The topological polar surface area (TPSA) is 82.7 Å². The second-order valence-corrected chi connectivity index (χ2v) is 13.8. The molecule has 2 amide bonds. The summed E-state index contributed by atoms with van der Waals surface area (Å²) in [6.45, 7) is 22.9. The van der Waals surface area contributed by atoms with E-state index in [1.165, 1.54) is 22.5 Å². The Hall–Kier alpha value is -4.00. The molecule has 0 atom stereocenters. The zero-order valence-corrected chi connectivity index (χ0v) is 28.7. The van der Waals surface area contributed by atoms with Crippen molar-refractivity contribution in [3.8, 4) is 0 Å². The Kier molecular flexibility index (Phi) is 12.1. The SMILES string of the molecule is C=C(/C=C/C=C1/N(CCC)c2ccccc2C1(C)C)C(C)(C)c1ccccc1NCCCCCC(=O)NNC(=O)OC(C)(C)C. The first-order valence-electron chi connectivity index (χ1n) is 16.2. The number of hydrogen-bond donors (Lipinski definition) is 3. The number of nitrogens with one attached hydrogen (secondary N) is 3. The third-order valence-electron chi connectivity index (χ3n) is 8.30. The minimum atomic E-state index is -0.667. The van der Waals surface area contributed by atoms with Crippen LogP contribution in [0.3, 0.4) is 0 Å². The molecule has 3 rings (SSSR count). The smallest absolute Gasteiger partial charge is 0.426 e. The number of carbonyl (C=O) groups excluding carboxylic acids is 2. The van der Waals surface area contributed by atoms with E-state index >= 15 is 0 Å². The van der Waals surface area contributed by atoms with Crippen molar-refractivity contribution in [2.45, 2.75) is 104 Å². The van der Waals surface area contributed by atoms with E-state index in [-0.39, 0.29) is 16.7 Å². The monoisotopic (exact) mass is 614 g/mol. The van der Waals surface area contributed by atoms with Crippen molar-refractivity contribution in [1.29, 1.82) is 0 Å². The van der Waals surface area contributed by atoms with Crippen LogP contribution in [0.15, 0.2) is 84.6 Å². The number of allylic oxidation sites excluding steroid dienone is 5. The van der Waals surface area contributed by atoms with Gasteiger partial charge in [-0.15, -0.1) is 0 Å². The Labute approximate surface area is 271 Å². The average molecular weight is 615 g/mol. The molecule has 244 valence electrons. The van der Waals surface area contributed by atoms with Crippen molar-refractivity contribution in [3.63, 3.8) is 0 Å². The molecule has 45 heavy (non-hydrogen) atoms. The van der Waals surface area contributed by atoms with Gasteiger partial charge in [0.2, 0.25) is 5.91 Å². The van der Waals surface area contributed by atoms with E-state index in [0.717, 1.165) is 50.0 Å². The van der Waals surface area contributed by atoms with Crippen LogP contribution in [0.5, 0.6) is 0 Å². The number of benzene rings is 2. The van der Waals surface area contributed by atoms with E-state index in [4.69, 9.17) is 4.74 Å². The summed E-state index contributed by atoms with van der Waals surface area (Å²) in [5.41, 5.74) is 11.0. The highest BCUT2D eigenvalue weighted by atomic mass is 16.6. The van der Waals surface area contributed by atoms with Gasteiger partial charge in [0, 0.05) is 47.4 Å². The van der Waals surface area contributed by atoms with Crippen LogP contribution < -0.4 is 21.1 Å². The molecule has 0 bridgehead atoms. The highest BCUT2D eigenvalue weighted by Crippen LogP contribution is 2.47. The predicted octanol–water partition coefficient (Wildman–Crippen LogP) is 8.70. The molecule has 1 heterocycles. The number of fused-ring (bicyclic) bond motifs is 1. The van der Waals surface area contributed by atoms with E-state index in [0.29, 0.717) is 6.42 Å². The van der Waals surface area contributed by atoms with Gasteiger partial charge in [-0.3, -0.25) is 10.2 Å². The Balaban J connectivity index is 1.55. The number of rotatable bonds is 13. The molecule has 0 saturated carbocycles. The van der Waals surface area contributed by atoms with Gasteiger partial charge >= 0.3 is 6.09 Å². The number of anilines is 2. The van der Waals surface area contributed by atoms with Crippen molar-refractivity contribution in [1.82, 2.24) is 10.9 Å². The third kappa shape index (κ3) is 9.49. The van der Waals surface area contributed by atoms with E-state index in [9.17, 15) is 9.59 Å². The Morgan fingerprint density at radius 2 is 1.64 bits per heavy atom. The van der Waals surface area contributed by atoms with E-state index in [1.54, 1.807) is 20.8 Å². The van der Waals surface area contributed by atoms with Gasteiger partial charge in [0.1, 0.15) is 5.60 Å². The zero-order chi connectivity index (χ0) is 33.3. The Morgan fingerprint density at radius 1 is 0.956 bits per heavy atom. The summed E-state index contributed by atoms with van der Waals surface area (Å²) in [7, 11) is 0. The molecule has 0 spiro atoms. The van der Waals surface area contributed by atoms with Crippen molar-refractivity contribution < 1.29 is 14.3 Å². The highest BCUT2D eigenvalue weighted by Gasteiger charge is 2.39. The largest absolute Gasteiger partial charge is 0.443 e. The third-order valence-corrected chi connectivity index (χ3v) is 8.30. The summed E-state index contributed by atoms with van der Waals surface area (Å²) in [5, 5.41) is 3.61. The lowest BCUT2D eigenvalue weighted by Gasteiger charge is -2.29. The minimum Gasteiger partial charge on any atom is -0.443 e. The molecule has 0 aliphatic carbocycles. The lowest BCUT2D eigenvalue weighted by molar-refractivity contribution is -0.122. The molecule has 3 N–H and O–H groups in total. The van der Waals surface area contributed by atoms with Crippen molar-refractivity contribution in [2.24, 2.45) is 0 Å². The van der Waals surface area contributed by atoms with Crippen LogP contribution in [0.4, 0.5) is 16.2 Å². The summed E-state index contributed by atoms with van der Waals surface area (Å²) in [4.78, 5) is 26.2. The van der Waals surface area contributed by atoms with Crippen LogP contribution in [0, 0.1) is 0 Å². The molecule has 0 aromatic heterocycles. The van der Waals surface area contributed by atoms with Crippen molar-refractivity contribution in [2.75, 3.05) is 23.3 Å². The van der Waals surface area contributed by atoms with Crippen LogP contribution in [-0.4, -0.2) is 30.7 Å². The van der Waals surface area contributed by atoms with Crippen LogP contribution in [0.2, 0.25) is 0 Å². The second kappa shape index (κ2) is 15.3. The van der Waals surface area contributed by atoms with Gasteiger partial charge < -0.3 is 15.0 Å². The van der Waals surface area contributed by atoms with Crippen LogP contribution >= 0.6 is 0 Å². The molecule has 1 aliphatic rings. The Bertz CT molecular complexity index is 1400. The zero-order valence-electron chi connectivity index (χ0n) is 28.7. The molecule has 0 fully saturated rings. The van der Waals surface area contributed by atoms with Crippen molar-refractivity contribution in [3.05, 3.63) is 95.7 Å². The van der Waals surface area contributed by atoms with Crippen molar-refractivity contribution >= 4 is 23.4 Å². The molecule has 0 radical (unpaired) electrons. The molecule has 7 heteroatoms. The summed E-state index contributed by atoms with van der Waals surface area (Å²) in [6, 6.07) is 17.1. The van der Waals surface area contributed by atoms with Gasteiger partial charge in [0.05, 0.1) is 0 Å². The van der Waals surface area contributed by atoms with E-state index < -0.39 is 11.7 Å². The number of hydrogen-bond acceptors (Lipinski definition) is 5. The van der Waals surface area contributed by atoms with Gasteiger partial charge in [0.25, 0.3) is 0 Å². The van der Waals surface area contributed by atoms with Gasteiger partial charge in [0.15, 0.2) is 0 Å². The molecule has 0 saturated heterocycles. The first kappa shape index (κ1) is 35.5. The van der Waals surface area contributed by atoms with Gasteiger partial charge in [-0.05, 0) is 74.9 Å². The van der Waals surface area contributed by atoms with Crippen LogP contribution in [0.25, 0.3) is 0 Å². The normalized spacial score (nSPS) is 15.2. The number of carbonyl (C=O) groups is 2. The first-order valence-corrected chi connectivity index (χ1v) is 16.2. The van der Waals surface area contributed by atoms with Crippen LogP contribution in [-0.2, 0) is 20.4 Å². The number of nitrogens with zero attached hydrogens (tertiary/aromatic N) is 1. The summed E-state index contributed by atoms with van der Waals surface area (Å²) < 4.78 is 5.12. The molecular formula is C38H54N4O3. The number of ether oxygens (including phenoxy) is 1. The fraction of sp³-hybridized carbons (Fsp3) is 0.474. The second-order valence-electron chi connectivity index (χ2n) is 13.8. The molecule has 7 nitrogen and oxygen atoms in total. The minimum absolute atomic E-state index is 0.0652. The van der Waals surface area contributed by atoms with Gasteiger partial charge in [-0.25, -0.2) is 10.2 Å². The maximum atomic E-state index is 12.0.